The lowest BCUT2D eigenvalue weighted by Gasteiger charge is -2.34. The number of benzene rings is 2. The maximum absolute atomic E-state index is 14.3. The highest BCUT2D eigenvalue weighted by atomic mass is 32.1. The molecule has 3 aromatic rings. The average molecular weight is 550 g/mol. The molecule has 4 rings (SSSR count). The number of hydrogen-bond acceptors (Lipinski definition) is 7. The first-order valence-electron chi connectivity index (χ1n) is 13.2. The van der Waals surface area contributed by atoms with Crippen LogP contribution in [0.1, 0.15) is 81.9 Å². The Morgan fingerprint density at radius 2 is 1.79 bits per heavy atom. The molecule has 0 unspecified atom stereocenters. The van der Waals surface area contributed by atoms with Crippen molar-refractivity contribution in [2.24, 2.45) is 5.73 Å². The van der Waals surface area contributed by atoms with E-state index >= 15 is 0 Å². The summed E-state index contributed by atoms with van der Waals surface area (Å²) in [5, 5.41) is 3.20. The predicted octanol–water partition coefficient (Wildman–Crippen LogP) is 4.68. The van der Waals surface area contributed by atoms with Gasteiger partial charge in [-0.2, -0.15) is 4.37 Å². The molecule has 1 saturated carbocycles. The minimum Gasteiger partial charge on any atom is -0.494 e. The Bertz CT molecular complexity index is 1350. The third kappa shape index (κ3) is 6.22. The molecule has 10 heteroatoms. The van der Waals surface area contributed by atoms with Crippen LogP contribution in [0.25, 0.3) is 0 Å². The van der Waals surface area contributed by atoms with Gasteiger partial charge in [-0.25, -0.2) is 0 Å². The molecule has 206 valence electrons. The summed E-state index contributed by atoms with van der Waals surface area (Å²) in [4.78, 5) is 41.7. The largest absolute Gasteiger partial charge is 0.494 e. The summed E-state index contributed by atoms with van der Waals surface area (Å²) < 4.78 is 9.64. The van der Waals surface area contributed by atoms with Crippen LogP contribution in [-0.2, 0) is 4.79 Å². The fourth-order valence-corrected chi connectivity index (χ4v) is 5.78. The molecule has 0 saturated heterocycles. The Morgan fingerprint density at radius 1 is 1.10 bits per heavy atom. The van der Waals surface area contributed by atoms with E-state index in [4.69, 9.17) is 16.2 Å². The van der Waals surface area contributed by atoms with Crippen molar-refractivity contribution in [1.29, 1.82) is 0 Å². The maximum Gasteiger partial charge on any atom is 0.273 e. The number of carbonyl (C=O) groups excluding carboxylic acids is 3. The summed E-state index contributed by atoms with van der Waals surface area (Å²) in [6.07, 6.45) is 5.03. The van der Waals surface area contributed by atoms with Gasteiger partial charge < -0.3 is 21.5 Å². The van der Waals surface area contributed by atoms with E-state index < -0.39 is 17.9 Å². The minimum atomic E-state index is -1.02. The topological polar surface area (TPSA) is 141 Å². The first kappa shape index (κ1) is 28.1. The van der Waals surface area contributed by atoms with Gasteiger partial charge in [0.25, 0.3) is 11.8 Å². The number of ether oxygens (including phenoxy) is 1. The molecule has 1 aliphatic carbocycles. The van der Waals surface area contributed by atoms with Gasteiger partial charge in [-0.05, 0) is 74.5 Å². The van der Waals surface area contributed by atoms with Gasteiger partial charge in [0.1, 0.15) is 16.7 Å². The summed E-state index contributed by atoms with van der Waals surface area (Å²) in [5.74, 6) is -0.992. The van der Waals surface area contributed by atoms with Crippen molar-refractivity contribution in [3.8, 4) is 5.75 Å². The number of hydrogen-bond donors (Lipinski definition) is 3. The first-order valence-corrected chi connectivity index (χ1v) is 14.0. The van der Waals surface area contributed by atoms with Crippen LogP contribution >= 0.6 is 11.5 Å². The van der Waals surface area contributed by atoms with Crippen LogP contribution in [0, 0.1) is 13.8 Å². The van der Waals surface area contributed by atoms with E-state index in [0.29, 0.717) is 23.6 Å². The minimum absolute atomic E-state index is 0.0300. The lowest BCUT2D eigenvalue weighted by molar-refractivity contribution is -0.123. The fraction of sp³-hybridized carbons (Fsp3) is 0.379. The van der Waals surface area contributed by atoms with Gasteiger partial charge in [-0.1, -0.05) is 49.1 Å². The second-order valence-corrected chi connectivity index (χ2v) is 10.6. The van der Waals surface area contributed by atoms with Gasteiger partial charge >= 0.3 is 0 Å². The number of nitrogens with one attached hydrogen (secondary N) is 1. The molecule has 0 aliphatic heterocycles. The van der Waals surface area contributed by atoms with Crippen LogP contribution in [0.15, 0.2) is 42.5 Å². The number of primary amides is 1. The second-order valence-electron chi connectivity index (χ2n) is 9.85. The summed E-state index contributed by atoms with van der Waals surface area (Å²) in [7, 11) is 0. The van der Waals surface area contributed by atoms with Crippen molar-refractivity contribution >= 4 is 40.6 Å². The molecule has 0 bridgehead atoms. The smallest absolute Gasteiger partial charge is 0.273 e. The van der Waals surface area contributed by atoms with E-state index in [0.717, 1.165) is 54.8 Å². The van der Waals surface area contributed by atoms with E-state index in [-0.39, 0.29) is 28.2 Å². The summed E-state index contributed by atoms with van der Waals surface area (Å²) in [6, 6.07) is 11.8. The molecule has 39 heavy (non-hydrogen) atoms. The van der Waals surface area contributed by atoms with Gasteiger partial charge in [0.05, 0.1) is 12.3 Å². The lowest BCUT2D eigenvalue weighted by atomic mass is 9.94. The van der Waals surface area contributed by atoms with E-state index in [1.165, 1.54) is 4.90 Å². The predicted molar refractivity (Wildman–Crippen MR) is 153 cm³/mol. The van der Waals surface area contributed by atoms with E-state index in [1.54, 1.807) is 24.3 Å². The van der Waals surface area contributed by atoms with Gasteiger partial charge in [-0.15, -0.1) is 0 Å². The highest BCUT2D eigenvalue weighted by Crippen LogP contribution is 2.36. The van der Waals surface area contributed by atoms with Crippen LogP contribution in [0.3, 0.4) is 0 Å². The molecule has 1 fully saturated rings. The Balaban J connectivity index is 1.86. The van der Waals surface area contributed by atoms with E-state index in [1.807, 2.05) is 39.0 Å². The summed E-state index contributed by atoms with van der Waals surface area (Å²) in [6.45, 7) is 6.25. The zero-order valence-electron chi connectivity index (χ0n) is 22.5. The molecular formula is C29H35N5O4S. The Morgan fingerprint density at radius 3 is 2.38 bits per heavy atom. The van der Waals surface area contributed by atoms with Crippen LogP contribution in [0.2, 0.25) is 0 Å². The number of nitrogen functional groups attached to an aromatic ring is 1. The average Bonchev–Trinajstić information content (AvgIpc) is 3.30. The van der Waals surface area contributed by atoms with Gasteiger partial charge in [0.2, 0.25) is 5.91 Å². The number of aryl methyl sites for hydroxylation is 2. The summed E-state index contributed by atoms with van der Waals surface area (Å²) >= 11 is 0.795. The second kappa shape index (κ2) is 12.3. The molecule has 3 amide bonds. The molecule has 9 nitrogen and oxygen atoms in total. The summed E-state index contributed by atoms with van der Waals surface area (Å²) in [5.41, 5.74) is 14.3. The molecule has 1 heterocycles. The number of carbonyl (C=O) groups is 3. The normalized spacial score (nSPS) is 14.4. The molecule has 2 aromatic carbocycles. The van der Waals surface area contributed by atoms with Gasteiger partial charge in [0, 0.05) is 11.7 Å². The Kier molecular flexibility index (Phi) is 8.86. The van der Waals surface area contributed by atoms with Crippen LogP contribution < -0.4 is 26.4 Å². The van der Waals surface area contributed by atoms with Crippen molar-refractivity contribution in [1.82, 2.24) is 9.69 Å². The maximum atomic E-state index is 14.3. The molecule has 0 spiro atoms. The molecule has 1 aromatic heterocycles. The standard InChI is InChI=1S/C29H35N5O4S/c1-4-38-21-13-11-19(12-14-21)25(28(36)32-20-8-6-5-7-9-20)34(22-15-10-17(2)16-18(22)3)29(37)26-23(30)24(27(31)35)33-39-26/h10-16,20,25H,4-9,30H2,1-3H3,(H2,31,35)(H,32,36)/t25-/m0/s1. The van der Waals surface area contributed by atoms with Crippen molar-refractivity contribution in [3.05, 3.63) is 69.7 Å². The van der Waals surface area contributed by atoms with Crippen LogP contribution in [0.5, 0.6) is 5.75 Å². The number of nitrogens with zero attached hydrogens (tertiary/aromatic N) is 2. The quantitative estimate of drug-likeness (QED) is 0.354. The Labute approximate surface area is 232 Å². The van der Waals surface area contributed by atoms with Crippen LogP contribution in [-0.4, -0.2) is 34.7 Å². The first-order chi connectivity index (χ1) is 18.7. The molecule has 5 N–H and O–H groups in total. The number of nitrogens with two attached hydrogens (primary N) is 2. The molecule has 0 radical (unpaired) electrons. The van der Waals surface area contributed by atoms with Crippen molar-refractivity contribution in [2.45, 2.75) is 65.0 Å². The molecule has 1 aliphatic rings. The van der Waals surface area contributed by atoms with Gasteiger partial charge in [0.15, 0.2) is 5.69 Å². The van der Waals surface area contributed by atoms with Crippen molar-refractivity contribution in [2.75, 3.05) is 17.2 Å². The molecular weight excluding hydrogens is 514 g/mol. The monoisotopic (exact) mass is 549 g/mol. The van der Waals surface area contributed by atoms with E-state index in [9.17, 15) is 14.4 Å². The third-order valence-corrected chi connectivity index (χ3v) is 7.80. The zero-order chi connectivity index (χ0) is 28.1. The lowest BCUT2D eigenvalue weighted by Crippen LogP contribution is -2.47. The number of anilines is 2. The molecule has 1 atom stereocenters. The number of amides is 3. The van der Waals surface area contributed by atoms with E-state index in [2.05, 4.69) is 9.69 Å². The third-order valence-electron chi connectivity index (χ3n) is 6.95. The SMILES string of the molecule is CCOc1ccc([C@@H](C(=O)NC2CCCCC2)N(C(=O)c2snc(C(N)=O)c2N)c2ccc(C)cc2C)cc1. The fourth-order valence-electron chi connectivity index (χ4n) is 5.04. The zero-order valence-corrected chi connectivity index (χ0v) is 23.3. The van der Waals surface area contributed by atoms with Crippen molar-refractivity contribution < 1.29 is 19.1 Å². The highest BCUT2D eigenvalue weighted by Gasteiger charge is 2.37. The van der Waals surface area contributed by atoms with Gasteiger partial charge in [-0.3, -0.25) is 19.3 Å². The number of aromatic nitrogens is 1. The van der Waals surface area contributed by atoms with Crippen LogP contribution in [0.4, 0.5) is 11.4 Å². The number of rotatable bonds is 9. The Hall–Kier alpha value is -3.92. The van der Waals surface area contributed by atoms with Crippen molar-refractivity contribution in [3.63, 3.8) is 0 Å². The highest BCUT2D eigenvalue weighted by molar-refractivity contribution is 7.09.